The predicted octanol–water partition coefficient (Wildman–Crippen LogP) is 1.96. The Morgan fingerprint density at radius 2 is 2.18 bits per heavy atom. The Morgan fingerprint density at radius 3 is 3.05 bits per heavy atom. The third-order valence-corrected chi connectivity index (χ3v) is 4.73. The van der Waals surface area contributed by atoms with Crippen LogP contribution < -0.4 is 0 Å². The minimum atomic E-state index is 0.340. The van der Waals surface area contributed by atoms with E-state index in [0.29, 0.717) is 6.04 Å². The molecule has 0 saturated carbocycles. The van der Waals surface area contributed by atoms with Crippen LogP contribution in [0.4, 0.5) is 0 Å². The van der Waals surface area contributed by atoms with Gasteiger partial charge in [0.2, 0.25) is 5.16 Å². The number of nitrogens with zero attached hydrogens (tertiary/aromatic N) is 6. The minimum Gasteiger partial charge on any atom is -0.381 e. The number of hydrogen-bond acceptors (Lipinski definition) is 6. The maximum atomic E-state index is 5.40. The van der Waals surface area contributed by atoms with Crippen LogP contribution >= 0.6 is 11.8 Å². The van der Waals surface area contributed by atoms with Gasteiger partial charge in [0, 0.05) is 31.4 Å². The maximum absolute atomic E-state index is 5.40. The first-order valence-corrected chi connectivity index (χ1v) is 8.30. The van der Waals surface area contributed by atoms with E-state index in [-0.39, 0.29) is 0 Å². The average molecular weight is 316 g/mol. The molecular formula is C14H16N6OS. The van der Waals surface area contributed by atoms with E-state index in [0.717, 1.165) is 48.3 Å². The van der Waals surface area contributed by atoms with E-state index < -0.39 is 0 Å². The monoisotopic (exact) mass is 316 g/mol. The summed E-state index contributed by atoms with van der Waals surface area (Å²) in [6.07, 6.45) is 5.98. The molecule has 3 aromatic rings. The van der Waals surface area contributed by atoms with Crippen molar-refractivity contribution in [1.29, 1.82) is 0 Å². The molecule has 0 N–H and O–H groups in total. The molecule has 4 rings (SSSR count). The van der Waals surface area contributed by atoms with Gasteiger partial charge in [-0.05, 0) is 35.4 Å². The zero-order chi connectivity index (χ0) is 14.8. The van der Waals surface area contributed by atoms with E-state index in [9.17, 15) is 0 Å². The Kier molecular flexibility index (Phi) is 3.77. The van der Waals surface area contributed by atoms with Crippen molar-refractivity contribution in [3.05, 3.63) is 36.3 Å². The van der Waals surface area contributed by atoms with Gasteiger partial charge in [-0.1, -0.05) is 17.8 Å². The zero-order valence-electron chi connectivity index (χ0n) is 12.0. The van der Waals surface area contributed by atoms with Crippen LogP contribution in [0.15, 0.2) is 35.7 Å². The molecule has 1 aliphatic heterocycles. The van der Waals surface area contributed by atoms with Gasteiger partial charge in [0.05, 0.1) is 11.7 Å². The Hall–Kier alpha value is -1.93. The second-order valence-corrected chi connectivity index (χ2v) is 6.18. The van der Waals surface area contributed by atoms with Crippen molar-refractivity contribution in [2.75, 3.05) is 13.2 Å². The molecule has 0 aliphatic carbocycles. The molecule has 0 bridgehead atoms. The van der Waals surface area contributed by atoms with Crippen LogP contribution in [0.3, 0.4) is 0 Å². The summed E-state index contributed by atoms with van der Waals surface area (Å²) in [4.78, 5) is 4.60. The molecule has 22 heavy (non-hydrogen) atoms. The number of fused-ring (bicyclic) bond motifs is 1. The second-order valence-electron chi connectivity index (χ2n) is 5.24. The minimum absolute atomic E-state index is 0.340. The van der Waals surface area contributed by atoms with Gasteiger partial charge >= 0.3 is 0 Å². The third-order valence-electron chi connectivity index (χ3n) is 3.76. The summed E-state index contributed by atoms with van der Waals surface area (Å²) in [5.74, 6) is 0.755. The van der Waals surface area contributed by atoms with Crippen molar-refractivity contribution >= 4 is 17.4 Å². The molecule has 3 aromatic heterocycles. The number of tetrazole rings is 1. The van der Waals surface area contributed by atoms with Gasteiger partial charge < -0.3 is 9.14 Å². The quantitative estimate of drug-likeness (QED) is 0.685. The number of ether oxygens (including phenoxy) is 1. The molecule has 0 spiro atoms. The summed E-state index contributed by atoms with van der Waals surface area (Å²) in [5, 5.41) is 13.0. The first kappa shape index (κ1) is 13.7. The lowest BCUT2D eigenvalue weighted by Crippen LogP contribution is -2.21. The summed E-state index contributed by atoms with van der Waals surface area (Å²) in [7, 11) is 0. The number of aromatic nitrogens is 6. The second kappa shape index (κ2) is 6.05. The first-order chi connectivity index (χ1) is 10.9. The molecule has 4 heterocycles. The van der Waals surface area contributed by atoms with Crippen LogP contribution in [0, 0.1) is 0 Å². The Bertz CT molecular complexity index is 730. The van der Waals surface area contributed by atoms with Crippen molar-refractivity contribution in [2.24, 2.45) is 0 Å². The van der Waals surface area contributed by atoms with Crippen LogP contribution in [0.2, 0.25) is 0 Å². The van der Waals surface area contributed by atoms with E-state index in [2.05, 4.69) is 20.5 Å². The van der Waals surface area contributed by atoms with Crippen LogP contribution in [0.5, 0.6) is 0 Å². The van der Waals surface area contributed by atoms with Gasteiger partial charge in [0.1, 0.15) is 5.65 Å². The number of hydrogen-bond donors (Lipinski definition) is 0. The smallest absolute Gasteiger partial charge is 0.209 e. The molecule has 1 saturated heterocycles. The highest BCUT2D eigenvalue weighted by molar-refractivity contribution is 7.98. The van der Waals surface area contributed by atoms with Crippen LogP contribution in [-0.4, -0.2) is 42.8 Å². The van der Waals surface area contributed by atoms with Crippen LogP contribution in [-0.2, 0) is 10.5 Å². The van der Waals surface area contributed by atoms with E-state index >= 15 is 0 Å². The first-order valence-electron chi connectivity index (χ1n) is 7.31. The fourth-order valence-corrected chi connectivity index (χ4v) is 3.46. The maximum Gasteiger partial charge on any atom is 0.209 e. The van der Waals surface area contributed by atoms with E-state index in [1.807, 2.05) is 39.7 Å². The lowest BCUT2D eigenvalue weighted by molar-refractivity contribution is 0.0631. The van der Waals surface area contributed by atoms with Crippen molar-refractivity contribution < 1.29 is 4.74 Å². The Labute approximate surface area is 131 Å². The van der Waals surface area contributed by atoms with Crippen molar-refractivity contribution in [1.82, 2.24) is 29.6 Å². The lowest BCUT2D eigenvalue weighted by atomic mass is 10.1. The molecule has 114 valence electrons. The number of pyridine rings is 1. The van der Waals surface area contributed by atoms with Gasteiger partial charge in [-0.15, -0.1) is 5.10 Å². The molecule has 7 nitrogen and oxygen atoms in total. The summed E-state index contributed by atoms with van der Waals surface area (Å²) < 4.78 is 9.36. The number of imidazole rings is 1. The topological polar surface area (TPSA) is 70.1 Å². The van der Waals surface area contributed by atoms with Gasteiger partial charge in [-0.25, -0.2) is 9.67 Å². The van der Waals surface area contributed by atoms with Crippen molar-refractivity contribution in [3.63, 3.8) is 0 Å². The summed E-state index contributed by atoms with van der Waals surface area (Å²) in [5.41, 5.74) is 1.99. The van der Waals surface area contributed by atoms with E-state index in [4.69, 9.17) is 4.74 Å². The van der Waals surface area contributed by atoms with Crippen molar-refractivity contribution in [3.8, 4) is 0 Å². The Morgan fingerprint density at radius 1 is 1.27 bits per heavy atom. The summed E-state index contributed by atoms with van der Waals surface area (Å²) in [6, 6.07) is 6.33. The normalized spacial score (nSPS) is 16.4. The highest BCUT2D eigenvalue weighted by Gasteiger charge is 2.20. The number of thioether (sulfide) groups is 1. The lowest BCUT2D eigenvalue weighted by Gasteiger charge is -2.22. The standard InChI is InChI=1S/C14H16N6OS/c1-2-6-19-9-11(15-13(19)3-1)10-22-14-16-17-18-20(14)12-4-7-21-8-5-12/h1-3,6,9,12H,4-5,7-8,10H2. The number of rotatable bonds is 4. The predicted molar refractivity (Wildman–Crippen MR) is 81.7 cm³/mol. The average Bonchev–Trinajstić information content (AvgIpc) is 3.20. The molecule has 1 aliphatic rings. The van der Waals surface area contributed by atoms with Gasteiger partial charge in [-0.2, -0.15) is 0 Å². The Balaban J connectivity index is 1.48. The summed E-state index contributed by atoms with van der Waals surface area (Å²) >= 11 is 1.63. The molecule has 0 amide bonds. The van der Waals surface area contributed by atoms with Gasteiger partial charge in [0.25, 0.3) is 0 Å². The van der Waals surface area contributed by atoms with Crippen molar-refractivity contribution in [2.45, 2.75) is 29.8 Å². The highest BCUT2D eigenvalue weighted by atomic mass is 32.2. The molecule has 0 atom stereocenters. The zero-order valence-corrected chi connectivity index (χ0v) is 12.8. The largest absolute Gasteiger partial charge is 0.381 e. The van der Waals surface area contributed by atoms with E-state index in [1.54, 1.807) is 11.8 Å². The SMILES string of the molecule is c1ccn2cc(CSc3nnnn3C3CCOCC3)nc2c1. The molecular weight excluding hydrogens is 300 g/mol. The molecule has 0 radical (unpaired) electrons. The third kappa shape index (κ3) is 2.71. The molecule has 8 heteroatoms. The van der Waals surface area contributed by atoms with Crippen LogP contribution in [0.25, 0.3) is 5.65 Å². The van der Waals surface area contributed by atoms with Gasteiger partial charge in [-0.3, -0.25) is 0 Å². The fraction of sp³-hybridized carbons (Fsp3) is 0.429. The van der Waals surface area contributed by atoms with Crippen LogP contribution in [0.1, 0.15) is 24.6 Å². The van der Waals surface area contributed by atoms with E-state index in [1.165, 1.54) is 0 Å². The summed E-state index contributed by atoms with van der Waals surface area (Å²) in [6.45, 7) is 1.56. The highest BCUT2D eigenvalue weighted by Crippen LogP contribution is 2.26. The van der Waals surface area contributed by atoms with Gasteiger partial charge in [0.15, 0.2) is 0 Å². The fourth-order valence-electron chi connectivity index (χ4n) is 2.63. The molecule has 1 fully saturated rings. The molecule has 0 aromatic carbocycles. The molecule has 0 unspecified atom stereocenters.